The number of rotatable bonds is 5. The van der Waals surface area contributed by atoms with Crippen molar-refractivity contribution in [2.45, 2.75) is 6.92 Å². The molecule has 0 atom stereocenters. The molecule has 1 aromatic heterocycles. The van der Waals surface area contributed by atoms with E-state index in [-0.39, 0.29) is 0 Å². The van der Waals surface area contributed by atoms with Gasteiger partial charge in [-0.05, 0) is 60.5 Å². The Hall–Kier alpha value is -4.50. The van der Waals surface area contributed by atoms with Crippen LogP contribution in [0.1, 0.15) is 11.1 Å². The van der Waals surface area contributed by atoms with Gasteiger partial charge in [0.25, 0.3) is 0 Å². The fourth-order valence-electron chi connectivity index (χ4n) is 3.69. The zero-order chi connectivity index (χ0) is 22.7. The average molecular weight is 424 g/mol. The molecule has 0 amide bonds. The van der Waals surface area contributed by atoms with Gasteiger partial charge in [-0.3, -0.25) is 0 Å². The third-order valence-corrected chi connectivity index (χ3v) is 5.25. The van der Waals surface area contributed by atoms with Crippen LogP contribution >= 0.6 is 0 Å². The molecule has 0 aliphatic heterocycles. The fraction of sp³-hybridized carbons (Fsp3) is 0.0385. The molecule has 0 saturated heterocycles. The van der Waals surface area contributed by atoms with Crippen LogP contribution < -0.4 is 11.1 Å². The molecule has 32 heavy (non-hydrogen) atoms. The van der Waals surface area contributed by atoms with Crippen LogP contribution in [0.2, 0.25) is 0 Å². The van der Waals surface area contributed by atoms with Gasteiger partial charge in [0, 0.05) is 47.2 Å². The molecular weight excluding hydrogens is 403 g/mol. The molecule has 0 radical (unpaired) electrons. The van der Waals surface area contributed by atoms with E-state index in [0.717, 1.165) is 33.6 Å². The highest BCUT2D eigenvalue weighted by molar-refractivity contribution is 5.85. The van der Waals surface area contributed by atoms with Crippen molar-refractivity contribution in [2.24, 2.45) is 5.73 Å². The zero-order valence-corrected chi connectivity index (χ0v) is 17.4. The third kappa shape index (κ3) is 3.92. The van der Waals surface area contributed by atoms with Crippen molar-refractivity contribution in [1.82, 2.24) is 4.57 Å². The zero-order valence-electron chi connectivity index (χ0n) is 17.4. The Bertz CT molecular complexity index is 1350. The number of benzene rings is 3. The van der Waals surface area contributed by atoms with E-state index >= 15 is 0 Å². The highest BCUT2D eigenvalue weighted by Crippen LogP contribution is 2.38. The van der Waals surface area contributed by atoms with Gasteiger partial charge < -0.3 is 20.7 Å². The normalized spacial score (nSPS) is 10.9. The van der Waals surface area contributed by atoms with Crippen molar-refractivity contribution in [3.05, 3.63) is 102 Å². The van der Waals surface area contributed by atoms with Gasteiger partial charge >= 0.3 is 0 Å². The molecular formula is C26H21FN4O. The molecule has 0 aliphatic carbocycles. The quantitative estimate of drug-likeness (QED) is 0.385. The van der Waals surface area contributed by atoms with Crippen LogP contribution in [0.3, 0.4) is 0 Å². The molecule has 4 rings (SSSR count). The standard InChI is InChI=1S/C26H21FN4O/c1-17-14-18(16-29)2-8-22(17)26-23(19-3-5-20(6-4-19)30-12-11-28)10-13-31(26)21-7-9-25(32)24(27)15-21/h2-15,30,32H,28H2,1H3/b12-11-. The summed E-state index contributed by atoms with van der Waals surface area (Å²) in [6.07, 6.45) is 4.95. The lowest BCUT2D eigenvalue weighted by Crippen LogP contribution is -1.99. The molecule has 5 nitrogen and oxygen atoms in total. The number of nitrogens with one attached hydrogen (secondary N) is 1. The van der Waals surface area contributed by atoms with Crippen LogP contribution in [0.4, 0.5) is 10.1 Å². The number of anilines is 1. The number of hydrogen-bond donors (Lipinski definition) is 3. The first-order valence-electron chi connectivity index (χ1n) is 9.97. The molecule has 0 fully saturated rings. The summed E-state index contributed by atoms with van der Waals surface area (Å²) in [6, 6.07) is 21.8. The van der Waals surface area contributed by atoms with E-state index in [1.54, 1.807) is 18.3 Å². The summed E-state index contributed by atoms with van der Waals surface area (Å²) >= 11 is 0. The number of aromatic hydroxyl groups is 1. The molecule has 1 heterocycles. The van der Waals surface area contributed by atoms with Gasteiger partial charge in [-0.15, -0.1) is 0 Å². The maximum Gasteiger partial charge on any atom is 0.166 e. The maximum absolute atomic E-state index is 14.1. The van der Waals surface area contributed by atoms with Crippen molar-refractivity contribution in [3.63, 3.8) is 0 Å². The fourth-order valence-corrected chi connectivity index (χ4v) is 3.69. The predicted molar refractivity (Wildman–Crippen MR) is 125 cm³/mol. The van der Waals surface area contributed by atoms with Crippen molar-refractivity contribution in [1.29, 1.82) is 5.26 Å². The highest BCUT2D eigenvalue weighted by Gasteiger charge is 2.17. The Balaban J connectivity index is 1.90. The predicted octanol–water partition coefficient (Wildman–Crippen LogP) is 5.68. The van der Waals surface area contributed by atoms with Crippen molar-refractivity contribution in [2.75, 3.05) is 5.32 Å². The number of aromatic nitrogens is 1. The Morgan fingerprint density at radius 2 is 1.81 bits per heavy atom. The van der Waals surface area contributed by atoms with Gasteiger partial charge in [-0.2, -0.15) is 5.26 Å². The van der Waals surface area contributed by atoms with Crippen LogP contribution in [0.25, 0.3) is 28.1 Å². The minimum atomic E-state index is -0.691. The minimum absolute atomic E-state index is 0.396. The van der Waals surface area contributed by atoms with Gasteiger partial charge in [-0.25, -0.2) is 4.39 Å². The monoisotopic (exact) mass is 424 g/mol. The summed E-state index contributed by atoms with van der Waals surface area (Å²) < 4.78 is 16.0. The van der Waals surface area contributed by atoms with Crippen LogP contribution in [-0.4, -0.2) is 9.67 Å². The van der Waals surface area contributed by atoms with Gasteiger partial charge in [0.05, 0.1) is 17.3 Å². The lowest BCUT2D eigenvalue weighted by Gasteiger charge is -2.15. The third-order valence-electron chi connectivity index (χ3n) is 5.25. The molecule has 0 bridgehead atoms. The first kappa shape index (κ1) is 20.8. The van der Waals surface area contributed by atoms with E-state index in [0.29, 0.717) is 11.3 Å². The number of halogens is 1. The van der Waals surface area contributed by atoms with Crippen LogP contribution in [0.15, 0.2) is 85.3 Å². The topological polar surface area (TPSA) is 87.0 Å². The van der Waals surface area contributed by atoms with Crippen LogP contribution in [-0.2, 0) is 0 Å². The van der Waals surface area contributed by atoms with Gasteiger partial charge in [0.1, 0.15) is 0 Å². The van der Waals surface area contributed by atoms with Crippen molar-refractivity contribution in [3.8, 4) is 39.9 Å². The Morgan fingerprint density at radius 1 is 1.03 bits per heavy atom. The molecule has 0 saturated carbocycles. The van der Waals surface area contributed by atoms with Gasteiger partial charge in [0.15, 0.2) is 11.6 Å². The molecule has 4 aromatic rings. The number of phenolic OH excluding ortho intramolecular Hbond substituents is 1. The summed E-state index contributed by atoms with van der Waals surface area (Å²) in [6.45, 7) is 1.95. The largest absolute Gasteiger partial charge is 0.505 e. The average Bonchev–Trinajstić information content (AvgIpc) is 3.24. The lowest BCUT2D eigenvalue weighted by molar-refractivity contribution is 0.432. The maximum atomic E-state index is 14.1. The highest BCUT2D eigenvalue weighted by atomic mass is 19.1. The molecule has 6 heteroatoms. The Morgan fingerprint density at radius 3 is 2.47 bits per heavy atom. The van der Waals surface area contributed by atoms with Gasteiger partial charge in [-0.1, -0.05) is 18.2 Å². The Kier molecular flexibility index (Phi) is 5.65. The smallest absolute Gasteiger partial charge is 0.166 e. The van der Waals surface area contributed by atoms with Crippen molar-refractivity contribution >= 4 is 5.69 Å². The number of nitrogens with zero attached hydrogens (tertiary/aromatic N) is 2. The number of nitrogens with two attached hydrogens (primary N) is 1. The second-order valence-corrected chi connectivity index (χ2v) is 7.31. The number of nitriles is 1. The van der Waals surface area contributed by atoms with Crippen LogP contribution in [0.5, 0.6) is 5.75 Å². The van der Waals surface area contributed by atoms with E-state index in [4.69, 9.17) is 5.73 Å². The van der Waals surface area contributed by atoms with E-state index in [1.165, 1.54) is 18.3 Å². The lowest BCUT2D eigenvalue weighted by atomic mass is 9.96. The Labute approximate surface area is 185 Å². The second kappa shape index (κ2) is 8.70. The molecule has 3 aromatic carbocycles. The number of hydrogen-bond acceptors (Lipinski definition) is 4. The first-order valence-corrected chi connectivity index (χ1v) is 9.97. The molecule has 4 N–H and O–H groups in total. The number of phenols is 1. The van der Waals surface area contributed by atoms with E-state index in [9.17, 15) is 14.8 Å². The molecule has 158 valence electrons. The molecule has 0 aliphatic rings. The van der Waals surface area contributed by atoms with E-state index in [1.807, 2.05) is 60.2 Å². The first-order chi connectivity index (χ1) is 15.5. The molecule has 0 unspecified atom stereocenters. The van der Waals surface area contributed by atoms with Gasteiger partial charge in [0.2, 0.25) is 0 Å². The summed E-state index contributed by atoms with van der Waals surface area (Å²) in [5.74, 6) is -1.09. The summed E-state index contributed by atoms with van der Waals surface area (Å²) in [7, 11) is 0. The SMILES string of the molecule is Cc1cc(C#N)ccc1-c1c(-c2ccc(N/C=C\N)cc2)ccn1-c1ccc(O)c(F)c1. The summed E-state index contributed by atoms with van der Waals surface area (Å²) in [5, 5.41) is 21.9. The van der Waals surface area contributed by atoms with E-state index < -0.39 is 11.6 Å². The minimum Gasteiger partial charge on any atom is -0.505 e. The summed E-state index contributed by atoms with van der Waals surface area (Å²) in [4.78, 5) is 0. The summed E-state index contributed by atoms with van der Waals surface area (Å²) in [5.41, 5.74) is 12.1. The van der Waals surface area contributed by atoms with Crippen molar-refractivity contribution < 1.29 is 9.50 Å². The molecule has 0 spiro atoms. The van der Waals surface area contributed by atoms with E-state index in [2.05, 4.69) is 11.4 Å². The second-order valence-electron chi connectivity index (χ2n) is 7.31. The number of aryl methyl sites for hydroxylation is 1. The van der Waals surface area contributed by atoms with Crippen LogP contribution in [0, 0.1) is 24.1 Å².